The van der Waals surface area contributed by atoms with Gasteiger partial charge in [-0.15, -0.1) is 0 Å². The fourth-order valence-electron chi connectivity index (χ4n) is 4.54. The molecule has 0 spiro atoms. The predicted molar refractivity (Wildman–Crippen MR) is 128 cm³/mol. The zero-order valence-electron chi connectivity index (χ0n) is 19.7. The van der Waals surface area contributed by atoms with Crippen molar-refractivity contribution in [2.45, 2.75) is 71.0 Å². The molecule has 0 saturated carbocycles. The summed E-state index contributed by atoms with van der Waals surface area (Å²) in [6.45, 7) is 6.42. The van der Waals surface area contributed by atoms with Crippen LogP contribution in [0.1, 0.15) is 58.8 Å². The largest absolute Gasteiger partial charge is 0.330 e. The molecule has 2 aliphatic heterocycles. The van der Waals surface area contributed by atoms with Crippen molar-refractivity contribution in [3.63, 3.8) is 0 Å². The average Bonchev–Trinajstić information content (AvgIpc) is 2.76. The molecule has 0 aliphatic carbocycles. The molecular formula is C22H42N6O3S. The maximum absolute atomic E-state index is 13.5. The molecule has 2 saturated heterocycles. The van der Waals surface area contributed by atoms with E-state index in [2.05, 4.69) is 13.8 Å². The molecule has 6 N–H and O–H groups in total. The second kappa shape index (κ2) is 13.4. The van der Waals surface area contributed by atoms with Crippen molar-refractivity contribution in [1.29, 1.82) is 0 Å². The third kappa shape index (κ3) is 6.82. The van der Waals surface area contributed by atoms with E-state index >= 15 is 0 Å². The van der Waals surface area contributed by atoms with E-state index in [-0.39, 0.29) is 23.6 Å². The fourth-order valence-corrected chi connectivity index (χ4v) is 5.58. The van der Waals surface area contributed by atoms with Crippen LogP contribution in [0.2, 0.25) is 0 Å². The molecule has 3 amide bonds. The van der Waals surface area contributed by atoms with Gasteiger partial charge in [0.25, 0.3) is 5.91 Å². The van der Waals surface area contributed by atoms with Gasteiger partial charge < -0.3 is 27.0 Å². The van der Waals surface area contributed by atoms with E-state index in [1.165, 1.54) is 11.9 Å². The number of rotatable bonds is 13. The van der Waals surface area contributed by atoms with Crippen molar-refractivity contribution in [3.05, 3.63) is 0 Å². The molecule has 0 aromatic carbocycles. The lowest BCUT2D eigenvalue weighted by molar-refractivity contribution is -0.176. The van der Waals surface area contributed by atoms with Crippen LogP contribution < -0.4 is 17.2 Å². The smallest absolute Gasteiger partial charge is 0.255 e. The minimum atomic E-state index is -0.577. The van der Waals surface area contributed by atoms with Crippen molar-refractivity contribution >= 4 is 29.7 Å². The molecule has 0 bridgehead atoms. The number of carbonyl (C=O) groups excluding carboxylic acids is 3. The normalized spacial score (nSPS) is 23.8. The van der Waals surface area contributed by atoms with Crippen LogP contribution in [0.5, 0.6) is 0 Å². The van der Waals surface area contributed by atoms with Crippen molar-refractivity contribution < 1.29 is 14.4 Å². The van der Waals surface area contributed by atoms with Gasteiger partial charge in [-0.05, 0) is 76.0 Å². The van der Waals surface area contributed by atoms with Crippen molar-refractivity contribution in [2.24, 2.45) is 29.0 Å². The molecule has 2 rings (SSSR count). The molecule has 3 unspecified atom stereocenters. The van der Waals surface area contributed by atoms with Gasteiger partial charge in [-0.25, -0.2) is 0 Å². The zero-order valence-corrected chi connectivity index (χ0v) is 20.5. The Morgan fingerprint density at radius 2 is 1.69 bits per heavy atom. The molecule has 10 heteroatoms. The number of fused-ring (bicyclic) bond motifs is 1. The van der Waals surface area contributed by atoms with Gasteiger partial charge in [0.15, 0.2) is 0 Å². The van der Waals surface area contributed by atoms with Crippen LogP contribution >= 0.6 is 11.9 Å². The Morgan fingerprint density at radius 1 is 1.00 bits per heavy atom. The Bertz CT molecular complexity index is 635. The Kier molecular flexibility index (Phi) is 11.2. The molecule has 2 fully saturated rings. The summed E-state index contributed by atoms with van der Waals surface area (Å²) < 4.78 is 1.76. The van der Waals surface area contributed by atoms with Gasteiger partial charge in [0.1, 0.15) is 12.2 Å². The van der Waals surface area contributed by atoms with Crippen LogP contribution in [0.25, 0.3) is 0 Å². The lowest BCUT2D eigenvalue weighted by Gasteiger charge is -2.54. The molecular weight excluding hydrogens is 428 g/mol. The minimum absolute atomic E-state index is 0.00488. The minimum Gasteiger partial charge on any atom is -0.330 e. The third-order valence-corrected chi connectivity index (χ3v) is 7.21. The number of amides is 3. The van der Waals surface area contributed by atoms with Crippen LogP contribution in [0.15, 0.2) is 0 Å². The molecule has 32 heavy (non-hydrogen) atoms. The summed E-state index contributed by atoms with van der Waals surface area (Å²) in [6, 6.07) is -0.577. The third-order valence-electron chi connectivity index (χ3n) is 6.10. The van der Waals surface area contributed by atoms with E-state index in [1.807, 2.05) is 4.90 Å². The first kappa shape index (κ1) is 26.9. The van der Waals surface area contributed by atoms with Crippen molar-refractivity contribution in [2.75, 3.05) is 38.5 Å². The lowest BCUT2D eigenvalue weighted by atomic mass is 9.89. The van der Waals surface area contributed by atoms with Gasteiger partial charge in [0.05, 0.1) is 12.5 Å². The summed E-state index contributed by atoms with van der Waals surface area (Å²) in [6.07, 6.45) is 4.20. The number of hydrogen-bond donors (Lipinski definition) is 3. The van der Waals surface area contributed by atoms with Gasteiger partial charge in [0, 0.05) is 18.7 Å². The average molecular weight is 471 g/mol. The number of nitrogens with zero attached hydrogens (tertiary/aromatic N) is 3. The Hall–Kier alpha value is -1.36. The van der Waals surface area contributed by atoms with Crippen molar-refractivity contribution in [3.8, 4) is 0 Å². The van der Waals surface area contributed by atoms with Crippen molar-refractivity contribution in [1.82, 2.24) is 14.1 Å². The maximum Gasteiger partial charge on any atom is 0.255 e. The number of carbonyl (C=O) groups is 3. The predicted octanol–water partition coefficient (Wildman–Crippen LogP) is 0.721. The van der Waals surface area contributed by atoms with Crippen LogP contribution in [0.3, 0.4) is 0 Å². The first-order valence-corrected chi connectivity index (χ1v) is 13.0. The lowest BCUT2D eigenvalue weighted by Crippen LogP contribution is -2.72. The van der Waals surface area contributed by atoms with E-state index in [0.717, 1.165) is 18.6 Å². The highest BCUT2D eigenvalue weighted by Gasteiger charge is 2.51. The summed E-state index contributed by atoms with van der Waals surface area (Å²) in [5, 5.41) is 0. The Labute approximate surface area is 196 Å². The number of piperazine rings is 1. The standard InChI is InChI=1S/C22H42N6O3S/c1-16(2)13-17-14-26(20(29)8-6-11-25)19-15-27(32-12-4-3-9-23)22(31)18(7-5-10-24)28(19)21(17)30/h16-19H,3-15,23-25H2,1-2H3. The summed E-state index contributed by atoms with van der Waals surface area (Å²) in [5.74, 6) is 0.760. The van der Waals surface area contributed by atoms with E-state index in [0.29, 0.717) is 70.7 Å². The van der Waals surface area contributed by atoms with Crippen LogP contribution in [-0.2, 0) is 14.4 Å². The first-order valence-electron chi connectivity index (χ1n) is 12.0. The summed E-state index contributed by atoms with van der Waals surface area (Å²) in [5.41, 5.74) is 17.0. The molecule has 9 nitrogen and oxygen atoms in total. The first-order chi connectivity index (χ1) is 15.3. The molecule has 3 atom stereocenters. The summed E-state index contributed by atoms with van der Waals surface area (Å²) in [7, 11) is 0. The highest BCUT2D eigenvalue weighted by Crippen LogP contribution is 2.34. The van der Waals surface area contributed by atoms with Gasteiger partial charge in [-0.2, -0.15) is 0 Å². The monoisotopic (exact) mass is 470 g/mol. The second-order valence-corrected chi connectivity index (χ2v) is 10.3. The van der Waals surface area contributed by atoms with Crippen LogP contribution in [0.4, 0.5) is 0 Å². The van der Waals surface area contributed by atoms with E-state index in [4.69, 9.17) is 17.2 Å². The highest BCUT2D eigenvalue weighted by molar-refractivity contribution is 7.97. The topological polar surface area (TPSA) is 139 Å². The summed E-state index contributed by atoms with van der Waals surface area (Å²) >= 11 is 1.48. The quantitative estimate of drug-likeness (QED) is 0.266. The van der Waals surface area contributed by atoms with Gasteiger partial charge in [0.2, 0.25) is 11.8 Å². The fraction of sp³-hybridized carbons (Fsp3) is 0.864. The molecule has 0 aromatic heterocycles. The molecule has 0 radical (unpaired) electrons. The van der Waals surface area contributed by atoms with Crippen LogP contribution in [-0.4, -0.2) is 82.5 Å². The van der Waals surface area contributed by atoms with E-state index in [9.17, 15) is 14.4 Å². The van der Waals surface area contributed by atoms with Crippen LogP contribution in [0, 0.1) is 11.8 Å². The maximum atomic E-state index is 13.5. The van der Waals surface area contributed by atoms with E-state index in [1.54, 1.807) is 9.21 Å². The highest BCUT2D eigenvalue weighted by atomic mass is 32.2. The molecule has 2 aliphatic rings. The van der Waals surface area contributed by atoms with Gasteiger partial charge in [-0.1, -0.05) is 13.8 Å². The zero-order chi connectivity index (χ0) is 23.7. The van der Waals surface area contributed by atoms with Gasteiger partial charge >= 0.3 is 0 Å². The molecule has 0 aromatic rings. The van der Waals surface area contributed by atoms with Gasteiger partial charge in [-0.3, -0.25) is 18.7 Å². The second-order valence-electron chi connectivity index (χ2n) is 9.17. The number of hydrogen-bond acceptors (Lipinski definition) is 7. The number of nitrogens with two attached hydrogens (primary N) is 3. The molecule has 2 heterocycles. The number of unbranched alkanes of at least 4 members (excludes halogenated alkanes) is 1. The van der Waals surface area contributed by atoms with E-state index < -0.39 is 12.2 Å². The Morgan fingerprint density at radius 3 is 2.31 bits per heavy atom. The molecule has 184 valence electrons. The Balaban J connectivity index is 2.33. The summed E-state index contributed by atoms with van der Waals surface area (Å²) in [4.78, 5) is 43.6. The SMILES string of the molecule is CC(C)CC1CN(C(=O)CCCN)C2CN(SCCCCN)C(=O)C(CCCN)N2C1=O.